The van der Waals surface area contributed by atoms with Crippen LogP contribution in [0.4, 0.5) is 28.4 Å². The highest BCUT2D eigenvalue weighted by Crippen LogP contribution is 2.56. The van der Waals surface area contributed by atoms with Gasteiger partial charge in [0.1, 0.15) is 0 Å². The van der Waals surface area contributed by atoms with Crippen LogP contribution in [0, 0.1) is 0 Å². The molecule has 3 aliphatic heterocycles. The highest BCUT2D eigenvalue weighted by molar-refractivity contribution is 6.93. The van der Waals surface area contributed by atoms with E-state index in [9.17, 15) is 0 Å². The summed E-state index contributed by atoms with van der Waals surface area (Å²) in [5.74, 6) is 0. The standard InChI is InChI=1S/C45H47BN2/c1-42(2,3)28-24-31-30-26-34-35(44(6,7)23-22-43(34,4)5)27-38(30)48(29-16-11-10-12-17-29)46-36-20-15-19-33-41(36)47(39(25-28)40(31)46)37-21-14-13-18-32(37)45(33,8)9/h10-21,24-27H,22-23H2,1-9H3. The number of para-hydroxylation sites is 3. The number of nitrogens with zero attached hydrogens (tertiary/aromatic N) is 2. The van der Waals surface area contributed by atoms with Crippen LogP contribution in [0.25, 0.3) is 11.1 Å². The highest BCUT2D eigenvalue weighted by atomic mass is 15.2. The van der Waals surface area contributed by atoms with Gasteiger partial charge in [0, 0.05) is 33.7 Å². The summed E-state index contributed by atoms with van der Waals surface area (Å²) in [6.45, 7) is 21.8. The Bertz CT molecular complexity index is 2160. The molecule has 0 aromatic heterocycles. The monoisotopic (exact) mass is 626 g/mol. The number of rotatable bonds is 1. The molecule has 2 nitrogen and oxygen atoms in total. The predicted octanol–water partition coefficient (Wildman–Crippen LogP) is 10.7. The Morgan fingerprint density at radius 1 is 0.583 bits per heavy atom. The van der Waals surface area contributed by atoms with Gasteiger partial charge in [-0.15, -0.1) is 0 Å². The maximum atomic E-state index is 2.69. The van der Waals surface area contributed by atoms with E-state index in [1.165, 1.54) is 91.1 Å². The molecule has 240 valence electrons. The first-order valence-electron chi connectivity index (χ1n) is 18.0. The van der Waals surface area contributed by atoms with Gasteiger partial charge in [-0.1, -0.05) is 123 Å². The number of anilines is 5. The molecule has 1 aliphatic carbocycles. The largest absolute Gasteiger partial charge is 0.376 e. The third kappa shape index (κ3) is 3.88. The van der Waals surface area contributed by atoms with Crippen molar-refractivity contribution in [2.24, 2.45) is 0 Å². The van der Waals surface area contributed by atoms with Gasteiger partial charge in [-0.05, 0) is 110 Å². The molecule has 3 heterocycles. The lowest BCUT2D eigenvalue weighted by atomic mass is 9.42. The van der Waals surface area contributed by atoms with Crippen LogP contribution in [0.2, 0.25) is 0 Å². The van der Waals surface area contributed by atoms with Crippen LogP contribution < -0.4 is 20.6 Å². The van der Waals surface area contributed by atoms with E-state index in [2.05, 4.69) is 169 Å². The van der Waals surface area contributed by atoms with Crippen molar-refractivity contribution in [2.45, 2.75) is 96.8 Å². The van der Waals surface area contributed by atoms with Crippen LogP contribution in [-0.2, 0) is 21.7 Å². The van der Waals surface area contributed by atoms with Crippen LogP contribution in [0.5, 0.6) is 0 Å². The Balaban J connectivity index is 1.47. The van der Waals surface area contributed by atoms with Gasteiger partial charge in [0.05, 0.1) is 5.69 Å². The van der Waals surface area contributed by atoms with Gasteiger partial charge in [0.15, 0.2) is 0 Å². The average molecular weight is 627 g/mol. The van der Waals surface area contributed by atoms with E-state index in [1.54, 1.807) is 0 Å². The third-order valence-corrected chi connectivity index (χ3v) is 12.4. The van der Waals surface area contributed by atoms with Gasteiger partial charge >= 0.3 is 6.85 Å². The fraction of sp³-hybridized carbons (Fsp3) is 0.333. The van der Waals surface area contributed by atoms with E-state index < -0.39 is 0 Å². The van der Waals surface area contributed by atoms with E-state index in [1.807, 2.05) is 0 Å². The second kappa shape index (κ2) is 9.47. The summed E-state index contributed by atoms with van der Waals surface area (Å²) in [6.07, 6.45) is 2.40. The second-order valence-corrected chi connectivity index (χ2v) is 17.7. The van der Waals surface area contributed by atoms with Crippen LogP contribution in [0.15, 0.2) is 97.1 Å². The Labute approximate surface area is 287 Å². The van der Waals surface area contributed by atoms with E-state index in [-0.39, 0.29) is 28.5 Å². The predicted molar refractivity (Wildman–Crippen MR) is 206 cm³/mol. The Hall–Kier alpha value is -4.24. The minimum Gasteiger partial charge on any atom is -0.376 e. The normalized spacial score (nSPS) is 18.7. The molecule has 0 spiro atoms. The average Bonchev–Trinajstić information content (AvgIpc) is 3.05. The van der Waals surface area contributed by atoms with Crippen molar-refractivity contribution in [1.29, 1.82) is 0 Å². The van der Waals surface area contributed by atoms with Crippen molar-refractivity contribution < 1.29 is 0 Å². The highest BCUT2D eigenvalue weighted by Gasteiger charge is 2.50. The Morgan fingerprint density at radius 2 is 1.23 bits per heavy atom. The van der Waals surface area contributed by atoms with Crippen LogP contribution in [0.1, 0.15) is 103 Å². The number of benzene rings is 5. The fourth-order valence-corrected chi connectivity index (χ4v) is 9.47. The van der Waals surface area contributed by atoms with Crippen molar-refractivity contribution >= 4 is 46.2 Å². The minimum absolute atomic E-state index is 0.0123. The van der Waals surface area contributed by atoms with Gasteiger partial charge in [-0.2, -0.15) is 0 Å². The molecule has 0 saturated carbocycles. The minimum atomic E-state index is -0.126. The molecule has 0 radical (unpaired) electrons. The molecule has 5 aromatic rings. The first-order chi connectivity index (χ1) is 22.7. The molecular weight excluding hydrogens is 579 g/mol. The summed E-state index contributed by atoms with van der Waals surface area (Å²) in [5.41, 5.74) is 19.4. The summed E-state index contributed by atoms with van der Waals surface area (Å²) in [6, 6.07) is 37.7. The van der Waals surface area contributed by atoms with E-state index in [0.29, 0.717) is 0 Å². The number of fused-ring (bicyclic) bond motifs is 7. The topological polar surface area (TPSA) is 6.48 Å². The lowest BCUT2D eigenvalue weighted by Crippen LogP contribution is -2.62. The van der Waals surface area contributed by atoms with E-state index >= 15 is 0 Å². The molecule has 4 aliphatic rings. The molecule has 0 N–H and O–H groups in total. The summed E-state index contributed by atoms with van der Waals surface area (Å²) in [4.78, 5) is 5.33. The van der Waals surface area contributed by atoms with Gasteiger partial charge in [-0.25, -0.2) is 0 Å². The molecule has 0 unspecified atom stereocenters. The SMILES string of the molecule is CC(C)(C)c1cc2c3c(c1)N1c4ccccc4C(C)(C)c4cccc(c41)B3N(c1ccccc1)c1cc3c(cc1-2)C(C)(C)CCC3(C)C. The van der Waals surface area contributed by atoms with Crippen molar-refractivity contribution in [3.63, 3.8) is 0 Å². The molecule has 5 aromatic carbocycles. The molecular formula is C45H47BN2. The zero-order chi connectivity index (χ0) is 33.5. The van der Waals surface area contributed by atoms with Gasteiger partial charge in [0.25, 0.3) is 0 Å². The van der Waals surface area contributed by atoms with Crippen molar-refractivity contribution in [3.05, 3.63) is 125 Å². The van der Waals surface area contributed by atoms with Crippen molar-refractivity contribution in [1.82, 2.24) is 0 Å². The number of hydrogen-bond acceptors (Lipinski definition) is 2. The van der Waals surface area contributed by atoms with Gasteiger partial charge in [-0.3, -0.25) is 0 Å². The number of hydrogen-bond donors (Lipinski definition) is 0. The maximum Gasteiger partial charge on any atom is 0.333 e. The summed E-state index contributed by atoms with van der Waals surface area (Å²) < 4.78 is 0. The summed E-state index contributed by atoms with van der Waals surface area (Å²) >= 11 is 0. The van der Waals surface area contributed by atoms with Crippen molar-refractivity contribution in [2.75, 3.05) is 9.71 Å². The molecule has 0 fully saturated rings. The van der Waals surface area contributed by atoms with Crippen molar-refractivity contribution in [3.8, 4) is 11.1 Å². The second-order valence-electron chi connectivity index (χ2n) is 17.7. The maximum absolute atomic E-state index is 2.69. The Kier molecular flexibility index (Phi) is 5.89. The molecule has 0 amide bonds. The smallest absolute Gasteiger partial charge is 0.333 e. The van der Waals surface area contributed by atoms with E-state index in [0.717, 1.165) is 0 Å². The molecule has 0 saturated heterocycles. The fourth-order valence-electron chi connectivity index (χ4n) is 9.47. The molecule has 48 heavy (non-hydrogen) atoms. The molecule has 0 atom stereocenters. The van der Waals surface area contributed by atoms with Gasteiger partial charge in [0.2, 0.25) is 0 Å². The molecule has 3 heteroatoms. The van der Waals surface area contributed by atoms with Crippen LogP contribution in [0.3, 0.4) is 0 Å². The van der Waals surface area contributed by atoms with Crippen LogP contribution in [-0.4, -0.2) is 6.85 Å². The first kappa shape index (κ1) is 29.9. The zero-order valence-corrected chi connectivity index (χ0v) is 30.1. The summed E-state index contributed by atoms with van der Waals surface area (Å²) in [5, 5.41) is 0. The Morgan fingerprint density at radius 3 is 1.94 bits per heavy atom. The third-order valence-electron chi connectivity index (χ3n) is 12.4. The molecule has 0 bridgehead atoms. The first-order valence-corrected chi connectivity index (χ1v) is 18.0. The van der Waals surface area contributed by atoms with E-state index in [4.69, 9.17) is 0 Å². The lowest BCUT2D eigenvalue weighted by Gasteiger charge is -2.51. The lowest BCUT2D eigenvalue weighted by molar-refractivity contribution is 0.332. The zero-order valence-electron chi connectivity index (χ0n) is 30.1. The van der Waals surface area contributed by atoms with Crippen LogP contribution >= 0.6 is 0 Å². The molecule has 9 rings (SSSR count). The quantitative estimate of drug-likeness (QED) is 0.171. The van der Waals surface area contributed by atoms with Gasteiger partial charge < -0.3 is 9.71 Å². The summed E-state index contributed by atoms with van der Waals surface area (Å²) in [7, 11) is 0.